The van der Waals surface area contributed by atoms with Crippen LogP contribution in [0.4, 0.5) is 10.5 Å². The van der Waals surface area contributed by atoms with Gasteiger partial charge >= 0.3 is 6.03 Å². The van der Waals surface area contributed by atoms with E-state index < -0.39 is 11.3 Å². The zero-order chi connectivity index (χ0) is 22.9. The van der Waals surface area contributed by atoms with Gasteiger partial charge in [0.05, 0.1) is 18.3 Å². The van der Waals surface area contributed by atoms with Crippen molar-refractivity contribution < 1.29 is 18.8 Å². The first-order valence-electron chi connectivity index (χ1n) is 10.6. The Kier molecular flexibility index (Phi) is 5.63. The third-order valence-electron chi connectivity index (χ3n) is 5.51. The highest BCUT2D eigenvalue weighted by molar-refractivity contribution is 8.03. The molecule has 9 heteroatoms. The minimum atomic E-state index is -0.409. The molecule has 1 saturated heterocycles. The number of urea groups is 1. The molecule has 2 aliphatic heterocycles. The maximum Gasteiger partial charge on any atom is 0.332 e. The molecule has 2 unspecified atom stereocenters. The Bertz CT molecular complexity index is 1240. The second kappa shape index (κ2) is 8.74. The molecule has 33 heavy (non-hydrogen) atoms. The summed E-state index contributed by atoms with van der Waals surface area (Å²) in [5, 5.41) is 5.54. The van der Waals surface area contributed by atoms with Crippen molar-refractivity contribution in [3.8, 4) is 17.1 Å². The molecule has 0 spiro atoms. The van der Waals surface area contributed by atoms with Crippen molar-refractivity contribution in [2.45, 2.75) is 31.7 Å². The SMILES string of the molecule is CCOc1cccc(-c2noc(CN3C(=O)N(c4cccc(C)c4)C(=O)C4SC=CC43)n2)c1. The van der Waals surface area contributed by atoms with E-state index in [0.29, 0.717) is 24.0 Å². The van der Waals surface area contributed by atoms with Gasteiger partial charge in [0.15, 0.2) is 0 Å². The third kappa shape index (κ3) is 4.00. The number of thioether (sulfide) groups is 1. The van der Waals surface area contributed by atoms with Crippen molar-refractivity contribution >= 4 is 29.4 Å². The first kappa shape index (κ1) is 21.3. The summed E-state index contributed by atoms with van der Waals surface area (Å²) in [6, 6.07) is 14.0. The summed E-state index contributed by atoms with van der Waals surface area (Å²) in [7, 11) is 0. The van der Waals surface area contributed by atoms with Crippen molar-refractivity contribution in [1.82, 2.24) is 15.0 Å². The maximum absolute atomic E-state index is 13.5. The van der Waals surface area contributed by atoms with Crippen LogP contribution in [-0.4, -0.2) is 44.9 Å². The molecule has 0 saturated carbocycles. The molecular weight excluding hydrogens is 440 g/mol. The molecule has 3 aromatic rings. The van der Waals surface area contributed by atoms with E-state index in [4.69, 9.17) is 9.26 Å². The van der Waals surface area contributed by atoms with Gasteiger partial charge in [-0.15, -0.1) is 11.8 Å². The van der Waals surface area contributed by atoms with Crippen LogP contribution in [-0.2, 0) is 11.3 Å². The molecule has 0 bridgehead atoms. The number of rotatable bonds is 6. The highest BCUT2D eigenvalue weighted by Crippen LogP contribution is 2.37. The number of hydrogen-bond acceptors (Lipinski definition) is 7. The molecule has 168 valence electrons. The Morgan fingerprint density at radius 1 is 1.15 bits per heavy atom. The van der Waals surface area contributed by atoms with Crippen LogP contribution in [0.3, 0.4) is 0 Å². The van der Waals surface area contributed by atoms with Gasteiger partial charge in [-0.1, -0.05) is 35.5 Å². The van der Waals surface area contributed by atoms with Crippen molar-refractivity contribution in [3.63, 3.8) is 0 Å². The quantitative estimate of drug-likeness (QED) is 0.536. The number of benzene rings is 2. The third-order valence-corrected chi connectivity index (χ3v) is 6.60. The zero-order valence-electron chi connectivity index (χ0n) is 18.2. The lowest BCUT2D eigenvalue weighted by Crippen LogP contribution is -2.61. The van der Waals surface area contributed by atoms with Crippen molar-refractivity contribution in [1.29, 1.82) is 0 Å². The summed E-state index contributed by atoms with van der Waals surface area (Å²) in [5.74, 6) is 1.20. The Hall–Kier alpha value is -3.59. The lowest BCUT2D eigenvalue weighted by atomic mass is 10.1. The number of aryl methyl sites for hydroxylation is 1. The van der Waals surface area contributed by atoms with Gasteiger partial charge in [-0.25, -0.2) is 9.69 Å². The average molecular weight is 463 g/mol. The molecule has 1 aromatic heterocycles. The Labute approximate surface area is 195 Å². The number of fused-ring (bicyclic) bond motifs is 1. The highest BCUT2D eigenvalue weighted by Gasteiger charge is 2.48. The maximum atomic E-state index is 13.5. The first-order valence-corrected chi connectivity index (χ1v) is 11.6. The van der Waals surface area contributed by atoms with Crippen LogP contribution in [0.5, 0.6) is 5.75 Å². The molecule has 3 heterocycles. The smallest absolute Gasteiger partial charge is 0.332 e. The number of aromatic nitrogens is 2. The monoisotopic (exact) mass is 462 g/mol. The Morgan fingerprint density at radius 2 is 2.00 bits per heavy atom. The number of carbonyl (C=O) groups is 2. The number of anilines is 1. The predicted octanol–water partition coefficient (Wildman–Crippen LogP) is 4.41. The van der Waals surface area contributed by atoms with Gasteiger partial charge in [-0.3, -0.25) is 4.79 Å². The molecule has 2 aliphatic rings. The molecule has 3 amide bonds. The van der Waals surface area contributed by atoms with Crippen LogP contribution in [0, 0.1) is 6.92 Å². The van der Waals surface area contributed by atoms with E-state index in [9.17, 15) is 9.59 Å². The Balaban J connectivity index is 1.43. The highest BCUT2D eigenvalue weighted by atomic mass is 32.2. The first-order chi connectivity index (χ1) is 16.0. The van der Waals surface area contributed by atoms with Gasteiger partial charge in [-0.05, 0) is 49.1 Å². The number of ether oxygens (including phenoxy) is 1. The van der Waals surface area contributed by atoms with E-state index in [2.05, 4.69) is 10.1 Å². The van der Waals surface area contributed by atoms with Crippen molar-refractivity contribution in [2.75, 3.05) is 11.5 Å². The zero-order valence-corrected chi connectivity index (χ0v) is 19.0. The second-order valence-electron chi connectivity index (χ2n) is 7.77. The number of hydrogen-bond donors (Lipinski definition) is 0. The minimum Gasteiger partial charge on any atom is -0.494 e. The Morgan fingerprint density at radius 3 is 2.82 bits per heavy atom. The summed E-state index contributed by atoms with van der Waals surface area (Å²) in [4.78, 5) is 34.0. The van der Waals surface area contributed by atoms with Crippen LogP contribution in [0.15, 0.2) is 64.5 Å². The van der Waals surface area contributed by atoms with Gasteiger partial charge < -0.3 is 14.2 Å². The molecule has 0 radical (unpaired) electrons. The van der Waals surface area contributed by atoms with Crippen LogP contribution in [0.25, 0.3) is 11.4 Å². The number of carbonyl (C=O) groups excluding carboxylic acids is 2. The number of nitrogens with zero attached hydrogens (tertiary/aromatic N) is 4. The van der Waals surface area contributed by atoms with Gasteiger partial charge in [0.25, 0.3) is 5.91 Å². The van der Waals surface area contributed by atoms with Crippen molar-refractivity contribution in [3.05, 3.63) is 71.5 Å². The summed E-state index contributed by atoms with van der Waals surface area (Å²) in [5.41, 5.74) is 2.28. The van der Waals surface area contributed by atoms with Crippen molar-refractivity contribution in [2.24, 2.45) is 0 Å². The lowest BCUT2D eigenvalue weighted by Gasteiger charge is -2.40. The van der Waals surface area contributed by atoms with Crippen LogP contribution in [0.1, 0.15) is 18.4 Å². The molecule has 8 nitrogen and oxygen atoms in total. The molecule has 2 atom stereocenters. The van der Waals surface area contributed by atoms with E-state index in [1.165, 1.54) is 16.7 Å². The number of amides is 3. The molecule has 0 N–H and O–H groups in total. The minimum absolute atomic E-state index is 0.0959. The summed E-state index contributed by atoms with van der Waals surface area (Å²) in [6.45, 7) is 4.50. The van der Waals surface area contributed by atoms with Gasteiger partial charge in [0, 0.05) is 5.56 Å². The second-order valence-corrected chi connectivity index (χ2v) is 8.82. The van der Waals surface area contributed by atoms with Gasteiger partial charge in [-0.2, -0.15) is 4.98 Å². The lowest BCUT2D eigenvalue weighted by molar-refractivity contribution is -0.119. The fraction of sp³-hybridized carbons (Fsp3) is 0.250. The summed E-state index contributed by atoms with van der Waals surface area (Å²) in [6.07, 6.45) is 1.88. The van der Waals surface area contributed by atoms with E-state index in [1.54, 1.807) is 11.0 Å². The number of imide groups is 1. The molecule has 1 fully saturated rings. The topological polar surface area (TPSA) is 88.8 Å². The van der Waals surface area contributed by atoms with Crippen LogP contribution < -0.4 is 9.64 Å². The van der Waals surface area contributed by atoms with Crippen LogP contribution >= 0.6 is 11.8 Å². The van der Waals surface area contributed by atoms with Gasteiger partial charge in [0.2, 0.25) is 11.7 Å². The van der Waals surface area contributed by atoms with Gasteiger partial charge in [0.1, 0.15) is 17.5 Å². The fourth-order valence-electron chi connectivity index (χ4n) is 3.99. The largest absolute Gasteiger partial charge is 0.494 e. The predicted molar refractivity (Wildman–Crippen MR) is 125 cm³/mol. The van der Waals surface area contributed by atoms with E-state index in [0.717, 1.165) is 16.9 Å². The molecule has 2 aromatic carbocycles. The summed E-state index contributed by atoms with van der Waals surface area (Å²) < 4.78 is 11.0. The van der Waals surface area contributed by atoms with Crippen LogP contribution in [0.2, 0.25) is 0 Å². The van der Waals surface area contributed by atoms with E-state index >= 15 is 0 Å². The fourth-order valence-corrected chi connectivity index (χ4v) is 5.03. The molecular formula is C24H22N4O4S. The standard InChI is InChI=1S/C24H22N4O4S/c1-3-31-18-9-5-7-16(13-18)22-25-20(32-26-22)14-27-19-10-11-33-21(19)23(29)28(24(27)30)17-8-4-6-15(2)12-17/h4-13,19,21H,3,14H2,1-2H3. The normalized spacial score (nSPS) is 19.8. The van der Waals surface area contributed by atoms with E-state index in [-0.39, 0.29) is 18.5 Å². The summed E-state index contributed by atoms with van der Waals surface area (Å²) >= 11 is 1.42. The molecule has 0 aliphatic carbocycles. The average Bonchev–Trinajstić information content (AvgIpc) is 3.47. The van der Waals surface area contributed by atoms with E-state index in [1.807, 2.05) is 67.8 Å². The molecule has 5 rings (SSSR count).